The Hall–Kier alpha value is -2.62. The molecule has 2 rings (SSSR count). The van der Waals surface area contributed by atoms with Gasteiger partial charge in [0.1, 0.15) is 11.6 Å². The third kappa shape index (κ3) is 5.47. The third-order valence-electron chi connectivity index (χ3n) is 4.43. The van der Waals surface area contributed by atoms with E-state index in [4.69, 9.17) is 0 Å². The number of guanidine groups is 1. The maximum atomic E-state index is 13.6. The lowest BCUT2D eigenvalue weighted by Gasteiger charge is -2.30. The number of imidazole rings is 1. The molecule has 0 amide bonds. The van der Waals surface area contributed by atoms with E-state index in [1.165, 1.54) is 25.5 Å². The topological polar surface area (TPSA) is 74.5 Å². The molecule has 0 saturated heterocycles. The highest BCUT2D eigenvalue weighted by molar-refractivity contribution is 5.79. The summed E-state index contributed by atoms with van der Waals surface area (Å²) in [5.41, 5.74) is -1.84. The Balaban J connectivity index is 2.08. The van der Waals surface area contributed by atoms with Crippen molar-refractivity contribution in [2.24, 2.45) is 12.0 Å². The van der Waals surface area contributed by atoms with Gasteiger partial charge in [-0.15, -0.1) is 0 Å². The molecule has 1 unspecified atom stereocenters. The zero-order valence-corrected chi connectivity index (χ0v) is 16.5. The van der Waals surface area contributed by atoms with E-state index in [0.717, 1.165) is 10.1 Å². The van der Waals surface area contributed by atoms with E-state index in [9.17, 15) is 22.7 Å². The number of hydrogen-bond acceptors (Lipinski definition) is 3. The fourth-order valence-corrected chi connectivity index (χ4v) is 2.82. The van der Waals surface area contributed by atoms with Crippen LogP contribution in [0.4, 0.5) is 17.6 Å². The summed E-state index contributed by atoms with van der Waals surface area (Å²) < 4.78 is 55.2. The van der Waals surface area contributed by atoms with Crippen LogP contribution in [-0.4, -0.2) is 39.9 Å². The van der Waals surface area contributed by atoms with Gasteiger partial charge in [-0.3, -0.25) is 0 Å². The van der Waals surface area contributed by atoms with Crippen molar-refractivity contribution in [3.05, 3.63) is 53.4 Å². The van der Waals surface area contributed by atoms with Crippen molar-refractivity contribution in [1.82, 2.24) is 20.2 Å². The lowest BCUT2D eigenvalue weighted by Crippen LogP contribution is -2.47. The summed E-state index contributed by atoms with van der Waals surface area (Å²) in [6.07, 6.45) is -3.00. The number of halogens is 4. The van der Waals surface area contributed by atoms with E-state index in [-0.39, 0.29) is 18.9 Å². The summed E-state index contributed by atoms with van der Waals surface area (Å²) in [6, 6.07) is 4.60. The van der Waals surface area contributed by atoms with Gasteiger partial charge in [-0.05, 0) is 31.0 Å². The normalized spacial score (nSPS) is 14.6. The number of aromatic nitrogens is 2. The van der Waals surface area contributed by atoms with Gasteiger partial charge >= 0.3 is 6.18 Å². The van der Waals surface area contributed by atoms with Crippen LogP contribution in [0, 0.1) is 12.7 Å². The summed E-state index contributed by atoms with van der Waals surface area (Å²) in [5, 5.41) is 16.1. The van der Waals surface area contributed by atoms with Crippen LogP contribution in [0.1, 0.15) is 30.3 Å². The number of aryl methyl sites for hydroxylation is 2. The molecule has 1 atom stereocenters. The Morgan fingerprint density at radius 1 is 1.28 bits per heavy atom. The predicted molar refractivity (Wildman–Crippen MR) is 102 cm³/mol. The minimum absolute atomic E-state index is 0.197. The Morgan fingerprint density at radius 2 is 2.00 bits per heavy atom. The Bertz CT molecular complexity index is 849. The molecule has 0 fully saturated rings. The Labute approximate surface area is 166 Å². The van der Waals surface area contributed by atoms with Gasteiger partial charge in [0.15, 0.2) is 5.96 Å². The van der Waals surface area contributed by atoms with Crippen molar-refractivity contribution in [3.63, 3.8) is 0 Å². The number of rotatable bonds is 7. The van der Waals surface area contributed by atoms with Crippen LogP contribution < -0.4 is 10.6 Å². The van der Waals surface area contributed by atoms with Crippen molar-refractivity contribution in [1.29, 1.82) is 0 Å². The van der Waals surface area contributed by atoms with Crippen molar-refractivity contribution < 1.29 is 22.7 Å². The van der Waals surface area contributed by atoms with Crippen molar-refractivity contribution in [2.75, 3.05) is 13.1 Å². The second-order valence-corrected chi connectivity index (χ2v) is 6.68. The minimum Gasteiger partial charge on any atom is -0.374 e. The molecule has 0 spiro atoms. The highest BCUT2D eigenvalue weighted by Crippen LogP contribution is 2.40. The van der Waals surface area contributed by atoms with E-state index in [2.05, 4.69) is 20.6 Å². The van der Waals surface area contributed by atoms with Crippen molar-refractivity contribution in [3.8, 4) is 0 Å². The lowest BCUT2D eigenvalue weighted by molar-refractivity contribution is -0.272. The molecule has 6 nitrogen and oxygen atoms in total. The zero-order chi connectivity index (χ0) is 21.7. The molecule has 160 valence electrons. The van der Waals surface area contributed by atoms with E-state index in [1.54, 1.807) is 19.1 Å². The first-order valence-corrected chi connectivity index (χ1v) is 9.12. The number of nitrogens with one attached hydrogen (secondary N) is 2. The van der Waals surface area contributed by atoms with Crippen LogP contribution in [0.15, 0.2) is 35.6 Å². The van der Waals surface area contributed by atoms with Gasteiger partial charge in [-0.1, -0.05) is 12.1 Å². The number of alkyl halides is 3. The highest BCUT2D eigenvalue weighted by Gasteiger charge is 2.57. The lowest BCUT2D eigenvalue weighted by atomic mass is 9.97. The summed E-state index contributed by atoms with van der Waals surface area (Å²) in [7, 11) is 1.39. The summed E-state index contributed by atoms with van der Waals surface area (Å²) >= 11 is 0. The molecule has 0 aliphatic carbocycles. The second-order valence-electron chi connectivity index (χ2n) is 6.68. The monoisotopic (exact) mass is 415 g/mol. The number of aliphatic hydroxyl groups is 1. The Kier molecular flexibility index (Phi) is 7.23. The molecule has 1 aromatic carbocycles. The molecule has 0 aliphatic heterocycles. The quantitative estimate of drug-likeness (QED) is 0.369. The molecule has 29 heavy (non-hydrogen) atoms. The summed E-state index contributed by atoms with van der Waals surface area (Å²) in [5.74, 6) is -0.502. The molecule has 2 aromatic rings. The first kappa shape index (κ1) is 22.7. The highest BCUT2D eigenvalue weighted by atomic mass is 19.4. The van der Waals surface area contributed by atoms with Crippen LogP contribution in [-0.2, 0) is 19.2 Å². The van der Waals surface area contributed by atoms with E-state index < -0.39 is 24.0 Å². The van der Waals surface area contributed by atoms with Crippen LogP contribution in [0.3, 0.4) is 0 Å². The molecular weight excluding hydrogens is 390 g/mol. The van der Waals surface area contributed by atoms with Gasteiger partial charge in [0.25, 0.3) is 0 Å². The number of nitrogens with zero attached hydrogens (tertiary/aromatic N) is 3. The molecule has 1 aromatic heterocycles. The fourth-order valence-electron chi connectivity index (χ4n) is 2.82. The molecule has 3 N–H and O–H groups in total. The first-order valence-electron chi connectivity index (χ1n) is 9.12. The average molecular weight is 415 g/mol. The number of aliphatic imine (C=N–C) groups is 1. The molecule has 0 bridgehead atoms. The third-order valence-corrected chi connectivity index (χ3v) is 4.43. The van der Waals surface area contributed by atoms with Gasteiger partial charge in [0, 0.05) is 39.0 Å². The molecule has 0 saturated carbocycles. The molecule has 1 heterocycles. The zero-order valence-electron chi connectivity index (χ0n) is 16.5. The second kappa shape index (κ2) is 9.25. The maximum Gasteiger partial charge on any atom is 0.424 e. The Morgan fingerprint density at radius 3 is 2.55 bits per heavy atom. The summed E-state index contributed by atoms with van der Waals surface area (Å²) in [4.78, 5) is 7.97. The van der Waals surface area contributed by atoms with Crippen LogP contribution in [0.25, 0.3) is 0 Å². The van der Waals surface area contributed by atoms with Crippen LogP contribution in [0.2, 0.25) is 0 Å². The minimum atomic E-state index is -4.89. The van der Waals surface area contributed by atoms with Gasteiger partial charge in [-0.25, -0.2) is 14.4 Å². The molecule has 10 heteroatoms. The molecule has 0 aliphatic rings. The molecule has 0 radical (unpaired) electrons. The number of benzene rings is 1. The number of hydrogen-bond donors (Lipinski definition) is 3. The SMILES string of the molecule is CCNC(=NCc1ccc(F)c(C)c1)NCCC(O)(c1nccn1C)C(F)(F)F. The summed E-state index contributed by atoms with van der Waals surface area (Å²) in [6.45, 7) is 3.98. The molecular formula is C19H25F4N5O. The van der Waals surface area contributed by atoms with Crippen LogP contribution in [0.5, 0.6) is 0 Å². The standard InChI is InChI=1S/C19H25F4N5O/c1-4-24-17(27-12-14-5-6-15(20)13(2)11-14)26-8-7-18(29,19(21,22)23)16-25-9-10-28(16)3/h5-6,9-11,29H,4,7-8,12H2,1-3H3,(H2,24,26,27). The van der Waals surface area contributed by atoms with Gasteiger partial charge in [-0.2, -0.15) is 13.2 Å². The van der Waals surface area contributed by atoms with Gasteiger partial charge < -0.3 is 20.3 Å². The maximum absolute atomic E-state index is 13.6. The predicted octanol–water partition coefficient (Wildman–Crippen LogP) is 2.76. The van der Waals surface area contributed by atoms with E-state index in [1.807, 2.05) is 6.92 Å². The van der Waals surface area contributed by atoms with E-state index in [0.29, 0.717) is 18.1 Å². The van der Waals surface area contributed by atoms with Gasteiger partial charge in [0.05, 0.1) is 6.54 Å². The average Bonchev–Trinajstić information content (AvgIpc) is 3.07. The largest absolute Gasteiger partial charge is 0.424 e. The van der Waals surface area contributed by atoms with Crippen LogP contribution >= 0.6 is 0 Å². The first-order chi connectivity index (χ1) is 13.6. The van der Waals surface area contributed by atoms with Crippen molar-refractivity contribution >= 4 is 5.96 Å². The van der Waals surface area contributed by atoms with Gasteiger partial charge in [0.2, 0.25) is 5.60 Å². The fraction of sp³-hybridized carbons (Fsp3) is 0.474. The van der Waals surface area contributed by atoms with Crippen molar-refractivity contribution in [2.45, 2.75) is 38.6 Å². The smallest absolute Gasteiger partial charge is 0.374 e. The van der Waals surface area contributed by atoms with E-state index >= 15 is 0 Å².